The third-order valence-corrected chi connectivity index (χ3v) is 5.79. The van der Waals surface area contributed by atoms with E-state index in [2.05, 4.69) is 18.8 Å². The minimum Gasteiger partial charge on any atom is -0.207 e. The third-order valence-electron chi connectivity index (χ3n) is 5.79. The number of halogens is 4. The highest BCUT2D eigenvalue weighted by Gasteiger charge is 2.35. The molecule has 1 fully saturated rings. The maximum Gasteiger partial charge on any atom is 0.248 e. The molecule has 31 heavy (non-hydrogen) atoms. The molecule has 1 saturated carbocycles. The number of rotatable bonds is 6. The van der Waals surface area contributed by atoms with Crippen molar-refractivity contribution in [2.75, 3.05) is 0 Å². The van der Waals surface area contributed by atoms with Crippen molar-refractivity contribution in [3.05, 3.63) is 76.4 Å². The summed E-state index contributed by atoms with van der Waals surface area (Å²) < 4.78 is 55.3. The normalized spacial score (nSPS) is 16.3. The highest BCUT2D eigenvalue weighted by molar-refractivity contribution is 5.54. The molecule has 3 rings (SSSR count). The van der Waals surface area contributed by atoms with Crippen LogP contribution in [0, 0.1) is 23.5 Å². The number of unbranched alkanes of at least 4 members (excludes halogenated alkanes) is 3. The predicted molar refractivity (Wildman–Crippen MR) is 118 cm³/mol. The minimum absolute atomic E-state index is 0.0375. The molecule has 4 heteroatoms. The number of allylic oxidation sites excluding steroid dienone is 1. The Kier molecular flexibility index (Phi) is 7.96. The standard InChI is InChI=1S/C27H28F4/c1-2-3-4-5-6-7-24-25(28)18-21(19-26(24)29)9-8-20-10-12-22(13-11-20)23-14-16-27(30,31)17-15-23/h6-7,10-13,18-19,23H,2-5,14-17H2,1H3/b7-6+. The Morgan fingerprint density at radius 2 is 1.55 bits per heavy atom. The first kappa shape index (κ1) is 23.1. The Morgan fingerprint density at radius 1 is 0.935 bits per heavy atom. The highest BCUT2D eigenvalue weighted by atomic mass is 19.3. The number of hydrogen-bond donors (Lipinski definition) is 0. The fourth-order valence-corrected chi connectivity index (χ4v) is 3.89. The van der Waals surface area contributed by atoms with E-state index in [1.54, 1.807) is 6.08 Å². The molecule has 0 saturated heterocycles. The van der Waals surface area contributed by atoms with Crippen molar-refractivity contribution in [1.82, 2.24) is 0 Å². The summed E-state index contributed by atoms with van der Waals surface area (Å²) in [6.45, 7) is 2.11. The molecule has 1 aliphatic rings. The van der Waals surface area contributed by atoms with Gasteiger partial charge in [0, 0.05) is 29.5 Å². The van der Waals surface area contributed by atoms with Crippen molar-refractivity contribution in [3.8, 4) is 11.8 Å². The van der Waals surface area contributed by atoms with E-state index >= 15 is 0 Å². The van der Waals surface area contributed by atoms with Gasteiger partial charge in [-0.1, -0.05) is 55.9 Å². The minimum atomic E-state index is -2.53. The zero-order valence-electron chi connectivity index (χ0n) is 17.9. The molecular formula is C27H28F4. The van der Waals surface area contributed by atoms with Crippen molar-refractivity contribution in [2.45, 2.75) is 70.1 Å². The van der Waals surface area contributed by atoms with Crippen LogP contribution in [0.15, 0.2) is 42.5 Å². The third kappa shape index (κ3) is 6.72. The predicted octanol–water partition coefficient (Wildman–Crippen LogP) is 8.25. The maximum atomic E-state index is 14.3. The molecule has 0 spiro atoms. The lowest BCUT2D eigenvalue weighted by Gasteiger charge is -2.28. The fourth-order valence-electron chi connectivity index (χ4n) is 3.89. The van der Waals surface area contributed by atoms with Gasteiger partial charge in [-0.15, -0.1) is 0 Å². The smallest absolute Gasteiger partial charge is 0.207 e. The zero-order chi connectivity index (χ0) is 22.3. The van der Waals surface area contributed by atoms with Crippen LogP contribution in [0.3, 0.4) is 0 Å². The largest absolute Gasteiger partial charge is 0.248 e. The Hall–Kier alpha value is -2.54. The van der Waals surface area contributed by atoms with Crippen molar-refractivity contribution in [3.63, 3.8) is 0 Å². The molecule has 0 radical (unpaired) electrons. The summed E-state index contributed by atoms with van der Waals surface area (Å²) in [6.07, 6.45) is 8.13. The van der Waals surface area contributed by atoms with Gasteiger partial charge < -0.3 is 0 Å². The van der Waals surface area contributed by atoms with Crippen LogP contribution in [0.2, 0.25) is 0 Å². The lowest BCUT2D eigenvalue weighted by atomic mass is 9.82. The van der Waals surface area contributed by atoms with Gasteiger partial charge in [-0.2, -0.15) is 0 Å². The first-order chi connectivity index (χ1) is 14.9. The quantitative estimate of drug-likeness (QED) is 0.247. The molecule has 2 aromatic rings. The van der Waals surface area contributed by atoms with Crippen molar-refractivity contribution < 1.29 is 17.6 Å². The second-order valence-corrected chi connectivity index (χ2v) is 8.25. The van der Waals surface area contributed by atoms with Crippen LogP contribution in [0.5, 0.6) is 0 Å². The molecule has 0 aliphatic heterocycles. The highest BCUT2D eigenvalue weighted by Crippen LogP contribution is 2.40. The SMILES string of the molecule is CCCCC/C=C/c1c(F)cc(C#Cc2ccc(C3CCC(F)(F)CC3)cc2)cc1F. The van der Waals surface area contributed by atoms with E-state index in [0.29, 0.717) is 18.4 Å². The van der Waals surface area contributed by atoms with Crippen LogP contribution < -0.4 is 0 Å². The summed E-state index contributed by atoms with van der Waals surface area (Å²) in [5, 5.41) is 0. The monoisotopic (exact) mass is 428 g/mol. The number of benzene rings is 2. The average Bonchev–Trinajstić information content (AvgIpc) is 2.74. The van der Waals surface area contributed by atoms with Crippen molar-refractivity contribution in [2.24, 2.45) is 0 Å². The lowest BCUT2D eigenvalue weighted by molar-refractivity contribution is -0.0382. The van der Waals surface area contributed by atoms with Crippen LogP contribution in [0.1, 0.15) is 86.5 Å². The Labute approximate surface area is 182 Å². The van der Waals surface area contributed by atoms with Gasteiger partial charge in [-0.3, -0.25) is 0 Å². The van der Waals surface area contributed by atoms with Gasteiger partial charge in [0.15, 0.2) is 0 Å². The molecule has 1 aliphatic carbocycles. The molecule has 0 heterocycles. The molecule has 0 aromatic heterocycles. The number of hydrogen-bond acceptors (Lipinski definition) is 0. The molecule has 0 atom stereocenters. The van der Waals surface area contributed by atoms with Gasteiger partial charge in [0.1, 0.15) is 11.6 Å². The van der Waals surface area contributed by atoms with Gasteiger partial charge in [0.05, 0.1) is 0 Å². The second kappa shape index (κ2) is 10.7. The summed E-state index contributed by atoms with van der Waals surface area (Å²) in [4.78, 5) is 0. The summed E-state index contributed by atoms with van der Waals surface area (Å²) in [6, 6.07) is 9.97. The van der Waals surface area contributed by atoms with Crippen LogP contribution in [0.4, 0.5) is 17.6 Å². The Bertz CT molecular complexity index is 928. The molecule has 2 aromatic carbocycles. The molecule has 0 unspecified atom stereocenters. The van der Waals surface area contributed by atoms with Gasteiger partial charge in [-0.05, 0) is 61.4 Å². The average molecular weight is 429 g/mol. The molecule has 0 bridgehead atoms. The van der Waals surface area contributed by atoms with Gasteiger partial charge in [0.25, 0.3) is 0 Å². The van der Waals surface area contributed by atoms with E-state index in [9.17, 15) is 17.6 Å². The Morgan fingerprint density at radius 3 is 2.16 bits per heavy atom. The maximum absolute atomic E-state index is 14.3. The van der Waals surface area contributed by atoms with Crippen molar-refractivity contribution in [1.29, 1.82) is 0 Å². The summed E-state index contributed by atoms with van der Waals surface area (Å²) >= 11 is 0. The second-order valence-electron chi connectivity index (χ2n) is 8.25. The fraction of sp³-hybridized carbons (Fsp3) is 0.407. The van der Waals surface area contributed by atoms with Gasteiger partial charge in [-0.25, -0.2) is 17.6 Å². The zero-order valence-corrected chi connectivity index (χ0v) is 17.9. The molecule has 0 N–H and O–H groups in total. The van der Waals surface area contributed by atoms with E-state index in [0.717, 1.165) is 31.2 Å². The molecule has 164 valence electrons. The Balaban J connectivity index is 1.65. The van der Waals surface area contributed by atoms with Crippen LogP contribution in [-0.2, 0) is 0 Å². The molecule has 0 nitrogen and oxygen atoms in total. The topological polar surface area (TPSA) is 0 Å². The van der Waals surface area contributed by atoms with Crippen LogP contribution in [0.25, 0.3) is 6.08 Å². The lowest BCUT2D eigenvalue weighted by Crippen LogP contribution is -2.23. The van der Waals surface area contributed by atoms with Crippen LogP contribution in [-0.4, -0.2) is 5.92 Å². The molecule has 0 amide bonds. The summed E-state index contributed by atoms with van der Waals surface area (Å²) in [7, 11) is 0. The summed E-state index contributed by atoms with van der Waals surface area (Å²) in [5.41, 5.74) is 1.99. The van der Waals surface area contributed by atoms with E-state index < -0.39 is 17.6 Å². The van der Waals surface area contributed by atoms with E-state index in [-0.39, 0.29) is 29.9 Å². The first-order valence-electron chi connectivity index (χ1n) is 11.0. The van der Waals surface area contributed by atoms with Crippen LogP contribution >= 0.6 is 0 Å². The van der Waals surface area contributed by atoms with Gasteiger partial charge >= 0.3 is 0 Å². The number of alkyl halides is 2. The first-order valence-corrected chi connectivity index (χ1v) is 11.0. The molecular weight excluding hydrogens is 400 g/mol. The van der Waals surface area contributed by atoms with Crippen molar-refractivity contribution >= 4 is 6.08 Å². The van der Waals surface area contributed by atoms with E-state index in [1.165, 1.54) is 18.2 Å². The van der Waals surface area contributed by atoms with E-state index in [4.69, 9.17) is 0 Å². The summed E-state index contributed by atoms with van der Waals surface area (Å²) in [5.74, 6) is 2.10. The van der Waals surface area contributed by atoms with Gasteiger partial charge in [0.2, 0.25) is 5.92 Å². The van der Waals surface area contributed by atoms with E-state index in [1.807, 2.05) is 24.3 Å².